The Hall–Kier alpha value is -2.45. The number of anilines is 1. The Morgan fingerprint density at radius 3 is 2.48 bits per heavy atom. The van der Waals surface area contributed by atoms with Gasteiger partial charge in [-0.1, -0.05) is 40.7 Å². The number of esters is 1. The minimum atomic E-state index is -0.692. The zero-order valence-electron chi connectivity index (χ0n) is 14.0. The molecule has 2 aromatic rings. The Labute approximate surface area is 172 Å². The third-order valence-electron chi connectivity index (χ3n) is 3.90. The predicted octanol–water partition coefficient (Wildman–Crippen LogP) is 3.82. The van der Waals surface area contributed by atoms with Crippen LogP contribution in [0.4, 0.5) is 5.69 Å². The van der Waals surface area contributed by atoms with Crippen molar-refractivity contribution in [1.29, 1.82) is 0 Å². The molecule has 0 bridgehead atoms. The van der Waals surface area contributed by atoms with Crippen LogP contribution in [0.15, 0.2) is 58.0 Å². The van der Waals surface area contributed by atoms with Crippen LogP contribution in [0.3, 0.4) is 0 Å². The lowest BCUT2D eigenvalue weighted by Gasteiger charge is -2.16. The van der Waals surface area contributed by atoms with Crippen LogP contribution in [0, 0.1) is 0 Å². The Morgan fingerprint density at radius 2 is 1.81 bits per heavy atom. The van der Waals surface area contributed by atoms with Gasteiger partial charge in [0, 0.05) is 25.8 Å². The number of carbonyl (C=O) groups is 3. The fourth-order valence-electron chi connectivity index (χ4n) is 2.60. The van der Waals surface area contributed by atoms with Crippen LogP contribution >= 0.6 is 31.9 Å². The fourth-order valence-corrected chi connectivity index (χ4v) is 3.75. The van der Waals surface area contributed by atoms with E-state index in [0.717, 1.165) is 4.47 Å². The van der Waals surface area contributed by atoms with Gasteiger partial charge in [0.25, 0.3) is 11.8 Å². The number of nitrogens with one attached hydrogen (secondary N) is 1. The van der Waals surface area contributed by atoms with Gasteiger partial charge in [0.2, 0.25) is 0 Å². The van der Waals surface area contributed by atoms with Crippen LogP contribution in [0.1, 0.15) is 15.9 Å². The zero-order valence-corrected chi connectivity index (χ0v) is 17.2. The van der Waals surface area contributed by atoms with Crippen molar-refractivity contribution in [2.45, 2.75) is 0 Å². The molecule has 0 aliphatic carbocycles. The number of amides is 2. The third-order valence-corrected chi connectivity index (χ3v) is 5.05. The van der Waals surface area contributed by atoms with Gasteiger partial charge in [-0.05, 0) is 40.2 Å². The molecule has 1 heterocycles. The Morgan fingerprint density at radius 1 is 1.11 bits per heavy atom. The molecule has 0 unspecified atom stereocenters. The summed E-state index contributed by atoms with van der Waals surface area (Å²) in [5, 5.41) is 2.64. The maximum Gasteiger partial charge on any atom is 0.326 e. The van der Waals surface area contributed by atoms with E-state index in [2.05, 4.69) is 43.8 Å². The molecule has 2 amide bonds. The van der Waals surface area contributed by atoms with Crippen molar-refractivity contribution < 1.29 is 19.1 Å². The number of hydrogen-bond acceptors (Lipinski definition) is 4. The highest BCUT2D eigenvalue weighted by molar-refractivity contribution is 9.11. The SMILES string of the molecule is C=C1c2ccccc2C(=O)N1CC(=O)OCC(=O)Nc1ccc(Br)cc1Br. The minimum absolute atomic E-state index is 0.304. The van der Waals surface area contributed by atoms with Crippen LogP contribution < -0.4 is 5.32 Å². The molecule has 3 rings (SSSR count). The van der Waals surface area contributed by atoms with Crippen LogP contribution in [0.2, 0.25) is 0 Å². The van der Waals surface area contributed by atoms with E-state index >= 15 is 0 Å². The van der Waals surface area contributed by atoms with Crippen molar-refractivity contribution in [3.05, 3.63) is 69.1 Å². The molecule has 0 radical (unpaired) electrons. The summed E-state index contributed by atoms with van der Waals surface area (Å²) >= 11 is 6.66. The van der Waals surface area contributed by atoms with E-state index in [4.69, 9.17) is 4.74 Å². The monoisotopic (exact) mass is 492 g/mol. The Balaban J connectivity index is 1.54. The van der Waals surface area contributed by atoms with E-state index in [-0.39, 0.29) is 12.5 Å². The van der Waals surface area contributed by atoms with Crippen LogP contribution in [-0.2, 0) is 14.3 Å². The maximum atomic E-state index is 12.4. The summed E-state index contributed by atoms with van der Waals surface area (Å²) in [4.78, 5) is 37.6. The first-order valence-electron chi connectivity index (χ1n) is 7.87. The van der Waals surface area contributed by atoms with E-state index in [0.29, 0.717) is 27.0 Å². The molecule has 27 heavy (non-hydrogen) atoms. The summed E-state index contributed by atoms with van der Waals surface area (Å²) in [6.45, 7) is 3.10. The number of benzene rings is 2. The molecule has 1 aliphatic rings. The number of rotatable bonds is 5. The van der Waals surface area contributed by atoms with E-state index in [1.54, 1.807) is 42.5 Å². The average molecular weight is 494 g/mol. The molecule has 0 aromatic heterocycles. The highest BCUT2D eigenvalue weighted by atomic mass is 79.9. The lowest BCUT2D eigenvalue weighted by molar-refractivity contribution is -0.147. The molecular formula is C19H14Br2N2O4. The normalized spacial score (nSPS) is 12.7. The van der Waals surface area contributed by atoms with Crippen molar-refractivity contribution in [3.8, 4) is 0 Å². The van der Waals surface area contributed by atoms with Crippen molar-refractivity contribution in [1.82, 2.24) is 4.90 Å². The molecule has 0 saturated heterocycles. The maximum absolute atomic E-state index is 12.4. The van der Waals surface area contributed by atoms with Gasteiger partial charge in [-0.25, -0.2) is 0 Å². The second-order valence-corrected chi connectivity index (χ2v) is 7.49. The average Bonchev–Trinajstić information content (AvgIpc) is 2.88. The van der Waals surface area contributed by atoms with Gasteiger partial charge in [0.1, 0.15) is 6.54 Å². The summed E-state index contributed by atoms with van der Waals surface area (Å²) in [6.07, 6.45) is 0. The van der Waals surface area contributed by atoms with E-state index < -0.39 is 18.5 Å². The summed E-state index contributed by atoms with van der Waals surface area (Å²) in [5.74, 6) is -1.49. The molecule has 0 atom stereocenters. The summed E-state index contributed by atoms with van der Waals surface area (Å²) in [6, 6.07) is 12.2. The largest absolute Gasteiger partial charge is 0.454 e. The first-order valence-corrected chi connectivity index (χ1v) is 9.46. The van der Waals surface area contributed by atoms with Crippen molar-refractivity contribution in [2.75, 3.05) is 18.5 Å². The third kappa shape index (κ3) is 4.28. The van der Waals surface area contributed by atoms with Crippen LogP contribution in [-0.4, -0.2) is 35.8 Å². The second kappa shape index (κ2) is 8.06. The quantitative estimate of drug-likeness (QED) is 0.642. The lowest BCUT2D eigenvalue weighted by atomic mass is 10.1. The predicted molar refractivity (Wildman–Crippen MR) is 108 cm³/mol. The van der Waals surface area contributed by atoms with Crippen LogP contribution in [0.5, 0.6) is 0 Å². The number of hydrogen-bond donors (Lipinski definition) is 1. The number of fused-ring (bicyclic) bond motifs is 1. The van der Waals surface area contributed by atoms with E-state index in [1.807, 2.05) is 0 Å². The molecule has 1 N–H and O–H groups in total. The van der Waals surface area contributed by atoms with Gasteiger partial charge < -0.3 is 10.1 Å². The topological polar surface area (TPSA) is 75.7 Å². The number of nitrogens with zero attached hydrogens (tertiary/aromatic N) is 1. The highest BCUT2D eigenvalue weighted by Crippen LogP contribution is 2.30. The highest BCUT2D eigenvalue weighted by Gasteiger charge is 2.32. The van der Waals surface area contributed by atoms with Gasteiger partial charge in [0.15, 0.2) is 6.61 Å². The smallest absolute Gasteiger partial charge is 0.326 e. The van der Waals surface area contributed by atoms with Gasteiger partial charge >= 0.3 is 5.97 Å². The summed E-state index contributed by atoms with van der Waals surface area (Å²) < 4.78 is 6.53. The van der Waals surface area contributed by atoms with Crippen LogP contribution in [0.25, 0.3) is 5.70 Å². The first-order chi connectivity index (χ1) is 12.9. The molecule has 0 fully saturated rings. The molecule has 1 aliphatic heterocycles. The van der Waals surface area contributed by atoms with Crippen molar-refractivity contribution in [2.24, 2.45) is 0 Å². The van der Waals surface area contributed by atoms with Crippen molar-refractivity contribution in [3.63, 3.8) is 0 Å². The molecule has 0 saturated carbocycles. The fraction of sp³-hybridized carbons (Fsp3) is 0.105. The van der Waals surface area contributed by atoms with E-state index in [1.165, 1.54) is 4.90 Å². The summed E-state index contributed by atoms with van der Waals surface area (Å²) in [5.41, 5.74) is 2.18. The van der Waals surface area contributed by atoms with Gasteiger partial charge in [-0.3, -0.25) is 19.3 Å². The Bertz CT molecular complexity index is 923. The van der Waals surface area contributed by atoms with Crippen molar-refractivity contribution >= 4 is 61.0 Å². The minimum Gasteiger partial charge on any atom is -0.454 e. The molecule has 2 aromatic carbocycles. The number of ether oxygens (including phenoxy) is 1. The Kier molecular flexibility index (Phi) is 5.76. The lowest BCUT2D eigenvalue weighted by Crippen LogP contribution is -2.32. The zero-order chi connectivity index (χ0) is 19.6. The first kappa shape index (κ1) is 19.3. The van der Waals surface area contributed by atoms with Gasteiger partial charge in [-0.15, -0.1) is 0 Å². The molecule has 0 spiro atoms. The molecule has 6 nitrogen and oxygen atoms in total. The number of carbonyl (C=O) groups excluding carboxylic acids is 3. The summed E-state index contributed by atoms with van der Waals surface area (Å²) in [7, 11) is 0. The second-order valence-electron chi connectivity index (χ2n) is 5.72. The van der Waals surface area contributed by atoms with Gasteiger partial charge in [0.05, 0.1) is 5.69 Å². The number of halogens is 2. The molecular weight excluding hydrogens is 480 g/mol. The molecule has 8 heteroatoms. The standard InChI is InChI=1S/C19H14Br2N2O4/c1-11-13-4-2-3-5-14(13)19(26)23(11)9-18(25)27-10-17(24)22-16-7-6-12(20)8-15(16)21/h2-8H,1,9-10H2,(H,22,24). The van der Waals surface area contributed by atoms with Gasteiger partial charge in [-0.2, -0.15) is 0 Å². The van der Waals surface area contributed by atoms with E-state index in [9.17, 15) is 14.4 Å². The molecule has 138 valence electrons.